The summed E-state index contributed by atoms with van der Waals surface area (Å²) in [6, 6.07) is 2.05. The molecule has 8 heteroatoms. The molecule has 6 nitrogen and oxygen atoms in total. The van der Waals surface area contributed by atoms with Gasteiger partial charge >= 0.3 is 0 Å². The lowest BCUT2D eigenvalue weighted by atomic mass is 10.1. The Morgan fingerprint density at radius 2 is 2.04 bits per heavy atom. The van der Waals surface area contributed by atoms with Crippen molar-refractivity contribution < 1.29 is 0 Å². The topological polar surface area (TPSA) is 51.2 Å². The molecular weight excluding hydrogens is 383 g/mol. The van der Waals surface area contributed by atoms with Crippen LogP contribution < -0.4 is 4.90 Å². The summed E-state index contributed by atoms with van der Waals surface area (Å²) in [6.07, 6.45) is 3.93. The number of hydrogen-bond acceptors (Lipinski definition) is 4. The Bertz CT molecular complexity index is 990. The van der Waals surface area contributed by atoms with Crippen LogP contribution in [0.15, 0.2) is 12.3 Å². The Hall–Kier alpha value is -1.79. The summed E-state index contributed by atoms with van der Waals surface area (Å²) in [6.45, 7) is 10.1. The van der Waals surface area contributed by atoms with Crippen molar-refractivity contribution in [2.45, 2.75) is 53.1 Å². The summed E-state index contributed by atoms with van der Waals surface area (Å²) >= 11 is 13.1. The number of aryl methyl sites for hydroxylation is 2. The molecule has 1 aliphatic heterocycles. The van der Waals surface area contributed by atoms with E-state index >= 15 is 0 Å². The van der Waals surface area contributed by atoms with Crippen molar-refractivity contribution >= 4 is 34.7 Å². The van der Waals surface area contributed by atoms with Crippen LogP contribution in [0.4, 0.5) is 5.82 Å². The quantitative estimate of drug-likeness (QED) is 0.581. The van der Waals surface area contributed by atoms with E-state index in [1.807, 2.05) is 35.3 Å². The molecule has 3 aromatic rings. The molecule has 3 aromatic heterocycles. The van der Waals surface area contributed by atoms with Crippen molar-refractivity contribution in [3.63, 3.8) is 0 Å². The first-order chi connectivity index (χ1) is 12.9. The number of hydrogen-bond donors (Lipinski definition) is 0. The molecular formula is C19H24Cl2N6. The SMILES string of the molecule is Cc1nn(CC(C)C)c(Cl)c1C1CCCN1c1cc(Cl)nc2c(C)cnn12. The standard InChI is InChI=1S/C19H24Cl2N6/c1-11(2)10-26-18(21)17(13(4)24-26)14-6-5-7-25(14)16-8-15(20)23-19-12(3)9-22-27(16)19/h8-9,11,14H,5-7,10H2,1-4H3. The molecule has 0 aliphatic carbocycles. The number of aromatic nitrogens is 5. The highest BCUT2D eigenvalue weighted by atomic mass is 35.5. The molecule has 1 unspecified atom stereocenters. The highest BCUT2D eigenvalue weighted by Crippen LogP contribution is 2.41. The fraction of sp³-hybridized carbons (Fsp3) is 0.526. The van der Waals surface area contributed by atoms with Crippen LogP contribution in [0.1, 0.15) is 49.6 Å². The van der Waals surface area contributed by atoms with Crippen LogP contribution in [0.25, 0.3) is 5.65 Å². The lowest BCUT2D eigenvalue weighted by Gasteiger charge is -2.27. The molecule has 27 heavy (non-hydrogen) atoms. The fourth-order valence-electron chi connectivity index (χ4n) is 3.99. The predicted octanol–water partition coefficient (Wildman–Crippen LogP) is 4.85. The van der Waals surface area contributed by atoms with Gasteiger partial charge < -0.3 is 4.90 Å². The van der Waals surface area contributed by atoms with Crippen LogP contribution in [0, 0.1) is 19.8 Å². The highest BCUT2D eigenvalue weighted by molar-refractivity contribution is 6.30. The number of nitrogens with zero attached hydrogens (tertiary/aromatic N) is 6. The largest absolute Gasteiger partial charge is 0.349 e. The zero-order chi connectivity index (χ0) is 19.3. The van der Waals surface area contributed by atoms with Crippen LogP contribution in [0.3, 0.4) is 0 Å². The van der Waals surface area contributed by atoms with Crippen LogP contribution in [0.5, 0.6) is 0 Å². The third-order valence-corrected chi connectivity index (χ3v) is 5.72. The average Bonchev–Trinajstić information content (AvgIpc) is 3.27. The number of halogens is 2. The Balaban J connectivity index is 1.80. The van der Waals surface area contributed by atoms with E-state index in [4.69, 9.17) is 28.3 Å². The Morgan fingerprint density at radius 1 is 1.26 bits per heavy atom. The lowest BCUT2D eigenvalue weighted by Crippen LogP contribution is -2.25. The molecule has 0 amide bonds. The predicted molar refractivity (Wildman–Crippen MR) is 109 cm³/mol. The van der Waals surface area contributed by atoms with Gasteiger partial charge in [0.05, 0.1) is 17.9 Å². The van der Waals surface area contributed by atoms with E-state index in [1.54, 1.807) is 0 Å². The monoisotopic (exact) mass is 406 g/mol. The summed E-state index contributed by atoms with van der Waals surface area (Å²) < 4.78 is 3.81. The number of fused-ring (bicyclic) bond motifs is 1. The van der Waals surface area contributed by atoms with Crippen molar-refractivity contribution in [1.29, 1.82) is 0 Å². The second-order valence-electron chi connectivity index (χ2n) is 7.72. The minimum Gasteiger partial charge on any atom is -0.349 e. The Kier molecular flexibility index (Phi) is 4.80. The van der Waals surface area contributed by atoms with E-state index < -0.39 is 0 Å². The minimum atomic E-state index is 0.157. The molecule has 4 heterocycles. The summed E-state index contributed by atoms with van der Waals surface area (Å²) in [4.78, 5) is 6.77. The zero-order valence-corrected chi connectivity index (χ0v) is 17.6. The van der Waals surface area contributed by atoms with Gasteiger partial charge in [0.25, 0.3) is 0 Å². The van der Waals surface area contributed by atoms with Gasteiger partial charge in [-0.25, -0.2) is 4.98 Å². The number of rotatable bonds is 4. The maximum atomic E-state index is 6.77. The normalized spacial score (nSPS) is 17.6. The molecule has 1 aliphatic rings. The van der Waals surface area contributed by atoms with Crippen LogP contribution in [-0.4, -0.2) is 30.9 Å². The Labute approximate surface area is 169 Å². The van der Waals surface area contributed by atoms with Crippen molar-refractivity contribution in [2.24, 2.45) is 5.92 Å². The molecule has 0 N–H and O–H groups in total. The second kappa shape index (κ2) is 6.99. The van der Waals surface area contributed by atoms with Gasteiger partial charge in [-0.05, 0) is 32.6 Å². The minimum absolute atomic E-state index is 0.157. The van der Waals surface area contributed by atoms with Gasteiger partial charge in [-0.1, -0.05) is 37.0 Å². The molecule has 0 spiro atoms. The van der Waals surface area contributed by atoms with Gasteiger partial charge in [0.1, 0.15) is 16.1 Å². The van der Waals surface area contributed by atoms with Gasteiger partial charge in [-0.3, -0.25) is 4.68 Å². The van der Waals surface area contributed by atoms with Crippen molar-refractivity contribution in [3.8, 4) is 0 Å². The van der Waals surface area contributed by atoms with E-state index in [0.717, 1.165) is 59.4 Å². The van der Waals surface area contributed by atoms with Gasteiger partial charge in [0.2, 0.25) is 0 Å². The van der Waals surface area contributed by atoms with E-state index in [9.17, 15) is 0 Å². The molecule has 0 radical (unpaired) electrons. The van der Waals surface area contributed by atoms with E-state index in [0.29, 0.717) is 11.1 Å². The van der Waals surface area contributed by atoms with Crippen molar-refractivity contribution in [2.75, 3.05) is 11.4 Å². The fourth-order valence-corrected chi connectivity index (χ4v) is 4.53. The maximum absolute atomic E-state index is 6.77. The zero-order valence-electron chi connectivity index (χ0n) is 16.1. The van der Waals surface area contributed by atoms with Crippen molar-refractivity contribution in [3.05, 3.63) is 39.4 Å². The van der Waals surface area contributed by atoms with Crippen LogP contribution in [0.2, 0.25) is 10.3 Å². The molecule has 0 aromatic carbocycles. The van der Waals surface area contributed by atoms with Crippen LogP contribution >= 0.6 is 23.2 Å². The molecule has 1 fully saturated rings. The summed E-state index contributed by atoms with van der Waals surface area (Å²) in [5.74, 6) is 1.44. The number of anilines is 1. The molecule has 1 saturated heterocycles. The molecule has 1 atom stereocenters. The highest BCUT2D eigenvalue weighted by Gasteiger charge is 2.33. The summed E-state index contributed by atoms with van der Waals surface area (Å²) in [5, 5.41) is 10.4. The molecule has 4 rings (SSSR count). The first-order valence-electron chi connectivity index (χ1n) is 9.37. The third-order valence-electron chi connectivity index (χ3n) is 5.13. The summed E-state index contributed by atoms with van der Waals surface area (Å²) in [5.41, 5.74) is 3.90. The van der Waals surface area contributed by atoms with Crippen molar-refractivity contribution in [1.82, 2.24) is 24.4 Å². The smallest absolute Gasteiger partial charge is 0.161 e. The molecule has 144 valence electrons. The first kappa shape index (κ1) is 18.6. The van der Waals surface area contributed by atoms with Gasteiger partial charge in [0.15, 0.2) is 5.65 Å². The summed E-state index contributed by atoms with van der Waals surface area (Å²) in [7, 11) is 0. The van der Waals surface area contributed by atoms with Crippen LogP contribution in [-0.2, 0) is 6.54 Å². The second-order valence-corrected chi connectivity index (χ2v) is 8.46. The molecule has 0 bridgehead atoms. The van der Waals surface area contributed by atoms with E-state index in [-0.39, 0.29) is 6.04 Å². The van der Waals surface area contributed by atoms with Gasteiger partial charge in [-0.2, -0.15) is 14.7 Å². The molecule has 0 saturated carbocycles. The third kappa shape index (κ3) is 3.19. The lowest BCUT2D eigenvalue weighted by molar-refractivity contribution is 0.481. The first-order valence-corrected chi connectivity index (χ1v) is 10.1. The Morgan fingerprint density at radius 3 is 2.78 bits per heavy atom. The van der Waals surface area contributed by atoms with Gasteiger partial charge in [0, 0.05) is 30.3 Å². The maximum Gasteiger partial charge on any atom is 0.161 e. The average molecular weight is 407 g/mol. The van der Waals surface area contributed by atoms with E-state index in [2.05, 4.69) is 28.8 Å². The van der Waals surface area contributed by atoms with Gasteiger partial charge in [-0.15, -0.1) is 0 Å². The van der Waals surface area contributed by atoms with E-state index in [1.165, 1.54) is 0 Å².